The van der Waals surface area contributed by atoms with Gasteiger partial charge < -0.3 is 14.8 Å². The number of esters is 1. The van der Waals surface area contributed by atoms with Gasteiger partial charge in [-0.3, -0.25) is 0 Å². The number of nitrogens with zero attached hydrogens (tertiary/aromatic N) is 2. The van der Waals surface area contributed by atoms with Crippen molar-refractivity contribution in [3.63, 3.8) is 0 Å². The molecule has 0 bridgehead atoms. The lowest BCUT2D eigenvalue weighted by Gasteiger charge is -2.12. The van der Waals surface area contributed by atoms with Crippen LogP contribution in [0.5, 0.6) is 0 Å². The number of nitrogens with one attached hydrogen (secondary N) is 1. The topological polar surface area (TPSA) is 73.3 Å². The molecular formula is C14H16ClN3O3S. The maximum atomic E-state index is 11.8. The van der Waals surface area contributed by atoms with E-state index >= 15 is 0 Å². The van der Waals surface area contributed by atoms with Crippen molar-refractivity contribution in [2.75, 3.05) is 25.6 Å². The Balaban J connectivity index is 1.97. The van der Waals surface area contributed by atoms with E-state index in [9.17, 15) is 4.79 Å². The molecular weight excluding hydrogens is 326 g/mol. The van der Waals surface area contributed by atoms with E-state index in [2.05, 4.69) is 15.3 Å². The molecule has 1 saturated heterocycles. The van der Waals surface area contributed by atoms with Crippen LogP contribution < -0.4 is 5.32 Å². The number of thiophene rings is 1. The number of ether oxygens (including phenoxy) is 2. The Hall–Kier alpha value is -1.44. The summed E-state index contributed by atoms with van der Waals surface area (Å²) in [7, 11) is 1.36. The van der Waals surface area contributed by atoms with Crippen LogP contribution in [0, 0.1) is 6.92 Å². The molecule has 2 aromatic heterocycles. The Kier molecular flexibility index (Phi) is 4.46. The average molecular weight is 342 g/mol. The van der Waals surface area contributed by atoms with Crippen LogP contribution in [0.25, 0.3) is 10.2 Å². The highest BCUT2D eigenvalue weighted by molar-refractivity contribution is 7.20. The van der Waals surface area contributed by atoms with Crippen LogP contribution in [0.4, 0.5) is 5.82 Å². The fourth-order valence-corrected chi connectivity index (χ4v) is 3.86. The van der Waals surface area contributed by atoms with Crippen LogP contribution in [0.15, 0.2) is 0 Å². The summed E-state index contributed by atoms with van der Waals surface area (Å²) in [4.78, 5) is 21.5. The molecule has 3 rings (SSSR count). The quantitative estimate of drug-likeness (QED) is 0.680. The maximum Gasteiger partial charge on any atom is 0.348 e. The number of carbonyl (C=O) groups is 1. The van der Waals surface area contributed by atoms with Gasteiger partial charge in [0.25, 0.3) is 0 Å². The molecule has 0 spiro atoms. The van der Waals surface area contributed by atoms with Crippen molar-refractivity contribution in [1.82, 2.24) is 9.97 Å². The smallest absolute Gasteiger partial charge is 0.348 e. The highest BCUT2D eigenvalue weighted by Crippen LogP contribution is 2.35. The molecule has 1 aliphatic heterocycles. The highest BCUT2D eigenvalue weighted by Gasteiger charge is 2.22. The van der Waals surface area contributed by atoms with E-state index in [1.54, 1.807) is 0 Å². The Morgan fingerprint density at radius 1 is 1.55 bits per heavy atom. The second-order valence-corrected chi connectivity index (χ2v) is 6.42. The number of aryl methyl sites for hydroxylation is 1. The molecule has 0 aromatic carbocycles. The van der Waals surface area contributed by atoms with Gasteiger partial charge in [0.2, 0.25) is 5.28 Å². The predicted molar refractivity (Wildman–Crippen MR) is 86.0 cm³/mol. The first kappa shape index (κ1) is 15.5. The normalized spacial score (nSPS) is 17.9. The Bertz CT molecular complexity index is 713. The minimum Gasteiger partial charge on any atom is -0.465 e. The van der Waals surface area contributed by atoms with E-state index in [0.717, 1.165) is 30.4 Å². The molecule has 0 aliphatic carbocycles. The first-order valence-electron chi connectivity index (χ1n) is 7.00. The number of hydrogen-bond acceptors (Lipinski definition) is 7. The number of methoxy groups -OCH3 is 1. The fraction of sp³-hybridized carbons (Fsp3) is 0.500. The second kappa shape index (κ2) is 6.36. The first-order chi connectivity index (χ1) is 10.6. The lowest BCUT2D eigenvalue weighted by molar-refractivity contribution is 0.0605. The first-order valence-corrected chi connectivity index (χ1v) is 8.20. The standard InChI is InChI=1S/C14H16ClN3O3S/c1-7-9-11(16-6-8-4-3-5-21-8)17-14(15)18-12(9)22-10(7)13(19)20-2/h8H,3-6H2,1-2H3,(H,16,17,18). The molecule has 2 aromatic rings. The van der Waals surface area contributed by atoms with Crippen LogP contribution in [-0.2, 0) is 9.47 Å². The van der Waals surface area contributed by atoms with Crippen LogP contribution in [-0.4, -0.2) is 42.3 Å². The third-order valence-corrected chi connectivity index (χ3v) is 4.99. The molecule has 118 valence electrons. The van der Waals surface area contributed by atoms with Crippen LogP contribution in [0.2, 0.25) is 5.28 Å². The van der Waals surface area contributed by atoms with E-state index in [0.29, 0.717) is 22.1 Å². The summed E-state index contributed by atoms with van der Waals surface area (Å²) in [5, 5.41) is 4.24. The molecule has 0 amide bonds. The zero-order valence-electron chi connectivity index (χ0n) is 12.3. The summed E-state index contributed by atoms with van der Waals surface area (Å²) in [6.07, 6.45) is 2.30. The van der Waals surface area contributed by atoms with Gasteiger partial charge >= 0.3 is 5.97 Å². The third-order valence-electron chi connectivity index (χ3n) is 3.65. The SMILES string of the molecule is COC(=O)c1sc2nc(Cl)nc(NCC3CCCO3)c2c1C. The second-order valence-electron chi connectivity index (χ2n) is 5.09. The molecule has 0 saturated carbocycles. The van der Waals surface area contributed by atoms with Gasteiger partial charge in [-0.25, -0.2) is 14.8 Å². The number of carbonyl (C=O) groups excluding carboxylic acids is 1. The van der Waals surface area contributed by atoms with Gasteiger partial charge in [0, 0.05) is 13.2 Å². The average Bonchev–Trinajstić information content (AvgIpc) is 3.12. The molecule has 6 nitrogen and oxygen atoms in total. The molecule has 3 heterocycles. The van der Waals surface area contributed by atoms with Gasteiger partial charge in [-0.05, 0) is 36.9 Å². The molecule has 8 heteroatoms. The maximum absolute atomic E-state index is 11.8. The summed E-state index contributed by atoms with van der Waals surface area (Å²) >= 11 is 7.25. The van der Waals surface area contributed by atoms with Crippen molar-refractivity contribution in [3.05, 3.63) is 15.7 Å². The monoisotopic (exact) mass is 341 g/mol. The summed E-state index contributed by atoms with van der Waals surface area (Å²) in [5.74, 6) is 0.260. The fourth-order valence-electron chi connectivity index (χ4n) is 2.54. The predicted octanol–water partition coefficient (Wildman–Crippen LogP) is 3.03. The molecule has 1 N–H and O–H groups in total. The highest BCUT2D eigenvalue weighted by atomic mass is 35.5. The number of fused-ring (bicyclic) bond motifs is 1. The number of anilines is 1. The van der Waals surface area contributed by atoms with E-state index in [-0.39, 0.29) is 17.4 Å². The van der Waals surface area contributed by atoms with Gasteiger partial charge in [0.15, 0.2) is 0 Å². The van der Waals surface area contributed by atoms with Gasteiger partial charge in [-0.1, -0.05) is 0 Å². The van der Waals surface area contributed by atoms with Crippen molar-refractivity contribution in [2.24, 2.45) is 0 Å². The summed E-state index contributed by atoms with van der Waals surface area (Å²) in [6, 6.07) is 0. The molecule has 1 atom stereocenters. The van der Waals surface area contributed by atoms with E-state index in [1.165, 1.54) is 18.4 Å². The lowest BCUT2D eigenvalue weighted by Crippen LogP contribution is -2.19. The van der Waals surface area contributed by atoms with E-state index in [1.807, 2.05) is 6.92 Å². The van der Waals surface area contributed by atoms with Crippen molar-refractivity contribution in [3.8, 4) is 0 Å². The molecule has 1 unspecified atom stereocenters. The Morgan fingerprint density at radius 2 is 2.36 bits per heavy atom. The van der Waals surface area contributed by atoms with Crippen molar-refractivity contribution in [1.29, 1.82) is 0 Å². The van der Waals surface area contributed by atoms with E-state index < -0.39 is 0 Å². The van der Waals surface area contributed by atoms with Crippen molar-refractivity contribution >= 4 is 44.9 Å². The number of hydrogen-bond donors (Lipinski definition) is 1. The summed E-state index contributed by atoms with van der Waals surface area (Å²) in [5.41, 5.74) is 0.804. The number of halogens is 1. The molecule has 1 fully saturated rings. The minimum atomic E-state index is -0.373. The van der Waals surface area contributed by atoms with Crippen molar-refractivity contribution in [2.45, 2.75) is 25.9 Å². The largest absolute Gasteiger partial charge is 0.465 e. The zero-order chi connectivity index (χ0) is 15.7. The number of aromatic nitrogens is 2. The third kappa shape index (κ3) is 2.88. The van der Waals surface area contributed by atoms with E-state index in [4.69, 9.17) is 21.1 Å². The van der Waals surface area contributed by atoms with Gasteiger partial charge in [0.05, 0.1) is 18.6 Å². The Labute approximate surface area is 136 Å². The van der Waals surface area contributed by atoms with Gasteiger partial charge in [-0.2, -0.15) is 0 Å². The van der Waals surface area contributed by atoms with Gasteiger partial charge in [0.1, 0.15) is 15.5 Å². The van der Waals surface area contributed by atoms with Crippen LogP contribution in [0.3, 0.4) is 0 Å². The Morgan fingerprint density at radius 3 is 3.05 bits per heavy atom. The summed E-state index contributed by atoms with van der Waals surface area (Å²) in [6.45, 7) is 3.32. The number of rotatable bonds is 4. The van der Waals surface area contributed by atoms with Crippen LogP contribution in [0.1, 0.15) is 28.1 Å². The minimum absolute atomic E-state index is 0.153. The molecule has 22 heavy (non-hydrogen) atoms. The summed E-state index contributed by atoms with van der Waals surface area (Å²) < 4.78 is 10.4. The van der Waals surface area contributed by atoms with Crippen LogP contribution >= 0.6 is 22.9 Å². The molecule has 1 aliphatic rings. The molecule has 0 radical (unpaired) electrons. The lowest BCUT2D eigenvalue weighted by atomic mass is 10.2. The van der Waals surface area contributed by atoms with Crippen molar-refractivity contribution < 1.29 is 14.3 Å². The zero-order valence-corrected chi connectivity index (χ0v) is 13.9. The van der Waals surface area contributed by atoms with Gasteiger partial charge in [-0.15, -0.1) is 11.3 Å².